The third-order valence-electron chi connectivity index (χ3n) is 3.23. The van der Waals surface area contributed by atoms with E-state index in [1.165, 1.54) is 17.7 Å². The summed E-state index contributed by atoms with van der Waals surface area (Å²) in [6.45, 7) is 2.15. The van der Waals surface area contributed by atoms with Crippen LogP contribution < -0.4 is 0 Å². The van der Waals surface area contributed by atoms with E-state index in [1.54, 1.807) is 0 Å². The van der Waals surface area contributed by atoms with Crippen LogP contribution in [-0.2, 0) is 6.42 Å². The maximum atomic E-state index is 14.1. The number of rotatable bonds is 4. The van der Waals surface area contributed by atoms with Gasteiger partial charge in [0, 0.05) is 5.56 Å². The van der Waals surface area contributed by atoms with Crippen molar-refractivity contribution in [2.24, 2.45) is 0 Å². The molecule has 0 spiro atoms. The quantitative estimate of drug-likeness (QED) is 0.742. The zero-order valence-electron chi connectivity index (χ0n) is 11.3. The summed E-state index contributed by atoms with van der Waals surface area (Å²) >= 11 is 6.08. The van der Waals surface area contributed by atoms with Crippen LogP contribution in [0.1, 0.15) is 30.9 Å². The fourth-order valence-electron chi connectivity index (χ4n) is 2.13. The van der Waals surface area contributed by atoms with E-state index in [4.69, 9.17) is 16.9 Å². The monoisotopic (exact) mass is 287 g/mol. The lowest BCUT2D eigenvalue weighted by atomic mass is 10.00. The Morgan fingerprint density at radius 2 is 1.90 bits per heavy atom. The number of nitriles is 1. The van der Waals surface area contributed by atoms with E-state index in [9.17, 15) is 4.39 Å². The molecule has 2 rings (SSSR count). The van der Waals surface area contributed by atoms with Gasteiger partial charge in [0.1, 0.15) is 5.82 Å². The van der Waals surface area contributed by atoms with E-state index in [-0.39, 0.29) is 10.6 Å². The van der Waals surface area contributed by atoms with Gasteiger partial charge >= 0.3 is 0 Å². The average molecular weight is 288 g/mol. The molecule has 0 aliphatic carbocycles. The lowest BCUT2D eigenvalue weighted by Gasteiger charge is -2.08. The molecule has 0 bridgehead atoms. The molecule has 102 valence electrons. The fraction of sp³-hybridized carbons (Fsp3) is 0.235. The van der Waals surface area contributed by atoms with Gasteiger partial charge < -0.3 is 0 Å². The zero-order chi connectivity index (χ0) is 14.5. The smallest absolute Gasteiger partial charge is 0.133 e. The van der Waals surface area contributed by atoms with E-state index in [1.807, 2.05) is 30.3 Å². The summed E-state index contributed by atoms with van der Waals surface area (Å²) in [6, 6.07) is 12.4. The first-order chi connectivity index (χ1) is 9.65. The first-order valence-corrected chi connectivity index (χ1v) is 7.02. The second-order valence-corrected chi connectivity index (χ2v) is 5.13. The van der Waals surface area contributed by atoms with Gasteiger partial charge in [-0.3, -0.25) is 0 Å². The van der Waals surface area contributed by atoms with E-state index in [0.29, 0.717) is 5.56 Å². The topological polar surface area (TPSA) is 23.8 Å². The Hall–Kier alpha value is -1.85. The second-order valence-electron chi connectivity index (χ2n) is 4.73. The molecule has 0 saturated carbocycles. The van der Waals surface area contributed by atoms with Crippen molar-refractivity contribution in [2.45, 2.75) is 26.2 Å². The number of hydrogen-bond donors (Lipinski definition) is 0. The van der Waals surface area contributed by atoms with Crippen molar-refractivity contribution in [2.75, 3.05) is 0 Å². The molecule has 0 aliphatic heterocycles. The molecule has 1 nitrogen and oxygen atoms in total. The van der Waals surface area contributed by atoms with Crippen molar-refractivity contribution in [3.63, 3.8) is 0 Å². The summed E-state index contributed by atoms with van der Waals surface area (Å²) in [6.07, 6.45) is 3.32. The van der Waals surface area contributed by atoms with E-state index < -0.39 is 5.82 Å². The van der Waals surface area contributed by atoms with Crippen LogP contribution in [0.5, 0.6) is 0 Å². The van der Waals surface area contributed by atoms with Crippen molar-refractivity contribution in [1.82, 2.24) is 0 Å². The van der Waals surface area contributed by atoms with Crippen LogP contribution in [0.15, 0.2) is 36.4 Å². The summed E-state index contributed by atoms with van der Waals surface area (Å²) in [7, 11) is 0. The summed E-state index contributed by atoms with van der Waals surface area (Å²) < 4.78 is 14.1. The van der Waals surface area contributed by atoms with E-state index in [2.05, 4.69) is 6.92 Å². The third kappa shape index (κ3) is 3.18. The Labute approximate surface area is 123 Å². The van der Waals surface area contributed by atoms with Crippen molar-refractivity contribution < 1.29 is 4.39 Å². The molecule has 3 heteroatoms. The minimum Gasteiger partial charge on any atom is -0.206 e. The summed E-state index contributed by atoms with van der Waals surface area (Å²) in [5.74, 6) is -0.463. The standard InChI is InChI=1S/C17H15ClFN/c1-2-3-4-12-5-7-14(8-6-12)17-15(18)9-13(11-20)10-16(17)19/h5-10H,2-4H2,1H3. The van der Waals surface area contributed by atoms with Gasteiger partial charge in [0.15, 0.2) is 0 Å². The SMILES string of the molecule is CCCCc1ccc(-c2c(F)cc(C#N)cc2Cl)cc1. The molecule has 2 aromatic rings. The number of halogens is 2. The molecular weight excluding hydrogens is 273 g/mol. The van der Waals surface area contributed by atoms with Gasteiger partial charge in [0.05, 0.1) is 16.7 Å². The Morgan fingerprint density at radius 3 is 2.45 bits per heavy atom. The van der Waals surface area contributed by atoms with Crippen LogP contribution in [0, 0.1) is 17.1 Å². The Balaban J connectivity index is 2.35. The van der Waals surface area contributed by atoms with Crippen LogP contribution in [0.25, 0.3) is 11.1 Å². The Kier molecular flexibility index (Phi) is 4.76. The normalized spacial score (nSPS) is 10.3. The molecule has 0 unspecified atom stereocenters. The minimum atomic E-state index is -0.463. The number of nitrogens with zero attached hydrogens (tertiary/aromatic N) is 1. The van der Waals surface area contributed by atoms with Gasteiger partial charge in [-0.25, -0.2) is 4.39 Å². The number of hydrogen-bond acceptors (Lipinski definition) is 1. The minimum absolute atomic E-state index is 0.232. The lowest BCUT2D eigenvalue weighted by Crippen LogP contribution is -1.90. The molecule has 0 amide bonds. The van der Waals surface area contributed by atoms with Gasteiger partial charge in [-0.05, 0) is 36.1 Å². The molecule has 0 aliphatic rings. The predicted octanol–water partition coefficient (Wildman–Crippen LogP) is 5.36. The van der Waals surface area contributed by atoms with Gasteiger partial charge in [-0.2, -0.15) is 5.26 Å². The van der Waals surface area contributed by atoms with Crippen molar-refractivity contribution in [3.05, 3.63) is 58.4 Å². The molecule has 0 N–H and O–H groups in total. The maximum Gasteiger partial charge on any atom is 0.133 e. The van der Waals surface area contributed by atoms with Gasteiger partial charge in [0.25, 0.3) is 0 Å². The van der Waals surface area contributed by atoms with Crippen molar-refractivity contribution >= 4 is 11.6 Å². The van der Waals surface area contributed by atoms with E-state index in [0.717, 1.165) is 24.8 Å². The summed E-state index contributed by atoms with van der Waals surface area (Å²) in [5.41, 5.74) is 2.56. The predicted molar refractivity (Wildman–Crippen MR) is 80.2 cm³/mol. The molecule has 0 fully saturated rings. The highest BCUT2D eigenvalue weighted by molar-refractivity contribution is 6.33. The van der Waals surface area contributed by atoms with Crippen LogP contribution in [0.2, 0.25) is 5.02 Å². The van der Waals surface area contributed by atoms with Crippen LogP contribution in [0.3, 0.4) is 0 Å². The molecule has 0 saturated heterocycles. The average Bonchev–Trinajstić information content (AvgIpc) is 2.45. The summed E-state index contributed by atoms with van der Waals surface area (Å²) in [5, 5.41) is 9.06. The fourth-order valence-corrected chi connectivity index (χ4v) is 2.45. The number of unbranched alkanes of at least 4 members (excludes halogenated alkanes) is 1. The molecule has 0 aromatic heterocycles. The lowest BCUT2D eigenvalue weighted by molar-refractivity contribution is 0.631. The van der Waals surface area contributed by atoms with Crippen molar-refractivity contribution in [3.8, 4) is 17.2 Å². The summed E-state index contributed by atoms with van der Waals surface area (Å²) in [4.78, 5) is 0. The molecule has 0 heterocycles. The molecule has 0 radical (unpaired) electrons. The van der Waals surface area contributed by atoms with Crippen LogP contribution in [0.4, 0.5) is 4.39 Å². The van der Waals surface area contributed by atoms with Gasteiger partial charge in [-0.1, -0.05) is 49.2 Å². The second kappa shape index (κ2) is 6.54. The van der Waals surface area contributed by atoms with Crippen LogP contribution in [-0.4, -0.2) is 0 Å². The highest BCUT2D eigenvalue weighted by atomic mass is 35.5. The van der Waals surface area contributed by atoms with E-state index >= 15 is 0 Å². The van der Waals surface area contributed by atoms with Crippen LogP contribution >= 0.6 is 11.6 Å². The van der Waals surface area contributed by atoms with Gasteiger partial charge in [-0.15, -0.1) is 0 Å². The molecular formula is C17H15ClFN. The van der Waals surface area contributed by atoms with Crippen molar-refractivity contribution in [1.29, 1.82) is 5.26 Å². The zero-order valence-corrected chi connectivity index (χ0v) is 12.0. The highest BCUT2D eigenvalue weighted by Crippen LogP contribution is 2.32. The number of aryl methyl sites for hydroxylation is 1. The molecule has 20 heavy (non-hydrogen) atoms. The Bertz CT molecular complexity index is 618. The number of benzene rings is 2. The first-order valence-electron chi connectivity index (χ1n) is 6.64. The highest BCUT2D eigenvalue weighted by Gasteiger charge is 2.11. The largest absolute Gasteiger partial charge is 0.206 e. The molecule has 0 atom stereocenters. The molecule has 2 aromatic carbocycles. The first kappa shape index (κ1) is 14.6. The Morgan fingerprint density at radius 1 is 1.20 bits per heavy atom. The maximum absolute atomic E-state index is 14.1. The van der Waals surface area contributed by atoms with Gasteiger partial charge in [0.2, 0.25) is 0 Å². The third-order valence-corrected chi connectivity index (χ3v) is 3.53.